The second kappa shape index (κ2) is 15.3. The van der Waals surface area contributed by atoms with Gasteiger partial charge in [-0.25, -0.2) is 4.39 Å². The van der Waals surface area contributed by atoms with Crippen LogP contribution in [0.1, 0.15) is 26.7 Å². The monoisotopic (exact) mass is 646 g/mol. The number of anilines is 2. The zero-order valence-corrected chi connectivity index (χ0v) is 25.4. The van der Waals surface area contributed by atoms with Crippen LogP contribution >= 0.6 is 11.8 Å². The number of thioether (sulfide) groups is 1. The molecule has 5 aromatic carbocycles. The van der Waals surface area contributed by atoms with Crippen molar-refractivity contribution >= 4 is 52.6 Å². The van der Waals surface area contributed by atoms with Gasteiger partial charge in [0.2, 0.25) is 5.91 Å². The third-order valence-electron chi connectivity index (χ3n) is 6.76. The molecular formula is C36H27FN4O5S. The average Bonchev–Trinajstić information content (AvgIpc) is 3.09. The van der Waals surface area contributed by atoms with E-state index in [1.54, 1.807) is 54.6 Å². The number of nitrogens with zero attached hydrogens (tertiary/aromatic N) is 1. The Morgan fingerprint density at radius 1 is 0.723 bits per heavy atom. The third-order valence-corrected chi connectivity index (χ3v) is 8.03. The molecule has 3 N–H and O–H groups in total. The fourth-order valence-corrected chi connectivity index (χ4v) is 5.42. The number of nitro benzene ring substituents is 1. The molecule has 5 aromatic rings. The Labute approximate surface area is 273 Å². The molecule has 1 unspecified atom stereocenters. The Morgan fingerprint density at radius 3 is 1.91 bits per heavy atom. The summed E-state index contributed by atoms with van der Waals surface area (Å²) in [6.45, 7) is 0. The van der Waals surface area contributed by atoms with Gasteiger partial charge in [-0.3, -0.25) is 24.5 Å². The number of nitro groups is 1. The number of nitrogens with one attached hydrogen (secondary N) is 3. The SMILES string of the molecule is O=C(Nc1ccc(SC(C(=O)Nc2ccc([N+](=O)[O-])cc2)c2ccccc2)cc1)/C(=C/c1ccc(F)cc1)NC(=O)c1ccccc1. The molecule has 9 nitrogen and oxygen atoms in total. The van der Waals surface area contributed by atoms with Crippen LogP contribution in [0, 0.1) is 15.9 Å². The minimum absolute atomic E-state index is 0.0454. The molecule has 0 bridgehead atoms. The highest BCUT2D eigenvalue weighted by Crippen LogP contribution is 2.37. The van der Waals surface area contributed by atoms with E-state index >= 15 is 0 Å². The van der Waals surface area contributed by atoms with Gasteiger partial charge in [-0.2, -0.15) is 0 Å². The van der Waals surface area contributed by atoms with Gasteiger partial charge < -0.3 is 16.0 Å². The van der Waals surface area contributed by atoms with Crippen molar-refractivity contribution in [2.75, 3.05) is 10.6 Å². The van der Waals surface area contributed by atoms with Crippen LogP contribution in [0.4, 0.5) is 21.5 Å². The maximum absolute atomic E-state index is 13.5. The van der Waals surface area contributed by atoms with Gasteiger partial charge in [-0.05, 0) is 77.9 Å². The molecule has 47 heavy (non-hydrogen) atoms. The summed E-state index contributed by atoms with van der Waals surface area (Å²) in [7, 11) is 0. The maximum Gasteiger partial charge on any atom is 0.272 e. The lowest BCUT2D eigenvalue weighted by molar-refractivity contribution is -0.384. The van der Waals surface area contributed by atoms with E-state index in [2.05, 4.69) is 16.0 Å². The first-order valence-corrected chi connectivity index (χ1v) is 15.1. The van der Waals surface area contributed by atoms with Crippen LogP contribution in [0.25, 0.3) is 6.08 Å². The number of carbonyl (C=O) groups is 3. The van der Waals surface area contributed by atoms with E-state index in [-0.39, 0.29) is 17.3 Å². The number of non-ortho nitro benzene ring substituents is 1. The third kappa shape index (κ3) is 8.99. The van der Waals surface area contributed by atoms with E-state index < -0.39 is 27.8 Å². The molecule has 0 spiro atoms. The second-order valence-electron chi connectivity index (χ2n) is 10.1. The van der Waals surface area contributed by atoms with Gasteiger partial charge >= 0.3 is 0 Å². The predicted octanol–water partition coefficient (Wildman–Crippen LogP) is 7.62. The number of halogens is 1. The van der Waals surface area contributed by atoms with Crippen LogP contribution < -0.4 is 16.0 Å². The van der Waals surface area contributed by atoms with Crippen molar-refractivity contribution in [1.29, 1.82) is 0 Å². The largest absolute Gasteiger partial charge is 0.325 e. The van der Waals surface area contributed by atoms with Crippen molar-refractivity contribution in [2.24, 2.45) is 0 Å². The van der Waals surface area contributed by atoms with Crippen LogP contribution in [0.5, 0.6) is 0 Å². The first kappa shape index (κ1) is 32.3. The summed E-state index contributed by atoms with van der Waals surface area (Å²) in [5.41, 5.74) is 2.35. The summed E-state index contributed by atoms with van der Waals surface area (Å²) in [6, 6.07) is 35.5. The van der Waals surface area contributed by atoms with Crippen LogP contribution in [-0.2, 0) is 9.59 Å². The molecule has 3 amide bonds. The molecule has 0 fully saturated rings. The topological polar surface area (TPSA) is 130 Å². The van der Waals surface area contributed by atoms with Gasteiger partial charge in [0.1, 0.15) is 16.8 Å². The molecule has 0 saturated carbocycles. The zero-order chi connectivity index (χ0) is 33.2. The van der Waals surface area contributed by atoms with Crippen LogP contribution in [0.15, 0.2) is 144 Å². The highest BCUT2D eigenvalue weighted by Gasteiger charge is 2.23. The summed E-state index contributed by atoms with van der Waals surface area (Å²) in [5, 5.41) is 18.6. The molecular weight excluding hydrogens is 619 g/mol. The van der Waals surface area contributed by atoms with E-state index in [9.17, 15) is 28.9 Å². The molecule has 1 atom stereocenters. The quantitative estimate of drug-likeness (QED) is 0.0586. The molecule has 0 radical (unpaired) electrons. The average molecular weight is 647 g/mol. The molecule has 0 aliphatic carbocycles. The summed E-state index contributed by atoms with van der Waals surface area (Å²) in [5.74, 6) is -1.83. The molecule has 0 aliphatic rings. The van der Waals surface area contributed by atoms with Crippen LogP contribution in [0.2, 0.25) is 0 Å². The highest BCUT2D eigenvalue weighted by atomic mass is 32.2. The van der Waals surface area contributed by atoms with Gasteiger partial charge in [-0.15, -0.1) is 11.8 Å². The minimum Gasteiger partial charge on any atom is -0.325 e. The second-order valence-corrected chi connectivity index (χ2v) is 11.3. The smallest absolute Gasteiger partial charge is 0.272 e. The number of benzene rings is 5. The van der Waals surface area contributed by atoms with Crippen LogP contribution in [0.3, 0.4) is 0 Å². The zero-order valence-electron chi connectivity index (χ0n) is 24.6. The predicted molar refractivity (Wildman–Crippen MR) is 180 cm³/mol. The number of hydrogen-bond donors (Lipinski definition) is 3. The van der Waals surface area contributed by atoms with Crippen LogP contribution in [-0.4, -0.2) is 22.6 Å². The molecule has 0 aliphatic heterocycles. The molecule has 5 rings (SSSR count). The first-order valence-electron chi connectivity index (χ1n) is 14.3. The Hall–Kier alpha value is -6.07. The van der Waals surface area contributed by atoms with Gasteiger partial charge in [0, 0.05) is 34.0 Å². The molecule has 0 aromatic heterocycles. The summed E-state index contributed by atoms with van der Waals surface area (Å²) in [4.78, 5) is 50.8. The van der Waals surface area contributed by atoms with Crippen molar-refractivity contribution in [3.8, 4) is 0 Å². The van der Waals surface area contributed by atoms with Gasteiger partial charge in [-0.1, -0.05) is 60.7 Å². The Kier molecular flexibility index (Phi) is 10.5. The fraction of sp³-hybridized carbons (Fsp3) is 0.0278. The first-order chi connectivity index (χ1) is 22.7. The molecule has 0 heterocycles. The molecule has 0 saturated heterocycles. The highest BCUT2D eigenvalue weighted by molar-refractivity contribution is 8.00. The minimum atomic E-state index is -0.662. The Balaban J connectivity index is 1.31. The van der Waals surface area contributed by atoms with Gasteiger partial charge in [0.05, 0.1) is 4.92 Å². The molecule has 234 valence electrons. The lowest BCUT2D eigenvalue weighted by Crippen LogP contribution is -2.30. The van der Waals surface area contributed by atoms with E-state index in [0.717, 1.165) is 10.5 Å². The van der Waals surface area contributed by atoms with Crippen molar-refractivity contribution in [1.82, 2.24) is 5.32 Å². The van der Waals surface area contributed by atoms with Gasteiger partial charge in [0.15, 0.2) is 0 Å². The number of rotatable bonds is 11. The fourth-order valence-electron chi connectivity index (χ4n) is 4.39. The van der Waals surface area contributed by atoms with Crippen molar-refractivity contribution < 1.29 is 23.7 Å². The summed E-state index contributed by atoms with van der Waals surface area (Å²) >= 11 is 1.29. The van der Waals surface area contributed by atoms with Gasteiger partial charge in [0.25, 0.3) is 17.5 Å². The van der Waals surface area contributed by atoms with Crippen molar-refractivity contribution in [3.05, 3.63) is 172 Å². The van der Waals surface area contributed by atoms with E-state index in [1.807, 2.05) is 30.3 Å². The number of carbonyl (C=O) groups excluding carboxylic acids is 3. The normalized spacial score (nSPS) is 11.6. The van der Waals surface area contributed by atoms with Crippen molar-refractivity contribution in [3.63, 3.8) is 0 Å². The lowest BCUT2D eigenvalue weighted by atomic mass is 10.1. The Morgan fingerprint density at radius 2 is 1.30 bits per heavy atom. The Bertz CT molecular complexity index is 1900. The maximum atomic E-state index is 13.5. The summed E-state index contributed by atoms with van der Waals surface area (Å²) < 4.78 is 13.5. The lowest BCUT2D eigenvalue weighted by Gasteiger charge is -2.17. The number of hydrogen-bond acceptors (Lipinski definition) is 6. The van der Waals surface area contributed by atoms with E-state index in [0.29, 0.717) is 22.5 Å². The van der Waals surface area contributed by atoms with E-state index in [1.165, 1.54) is 66.4 Å². The molecule has 11 heteroatoms. The van der Waals surface area contributed by atoms with Crippen molar-refractivity contribution in [2.45, 2.75) is 10.1 Å². The summed E-state index contributed by atoms with van der Waals surface area (Å²) in [6.07, 6.45) is 1.45. The van der Waals surface area contributed by atoms with E-state index in [4.69, 9.17) is 0 Å². The standard InChI is InChI=1S/C36H27FN4O5S/c37-27-13-11-24(12-14-27)23-32(40-34(42)26-9-5-2-6-10-26)35(43)38-29-17-21-31(22-18-29)47-33(25-7-3-1-4-8-25)36(44)39-28-15-19-30(20-16-28)41(45)46/h1-23,33H,(H,38,43)(H,39,44)(H,40,42)/b32-23-. The number of amides is 3.